The van der Waals surface area contributed by atoms with Crippen LogP contribution >= 0.6 is 15.9 Å². The van der Waals surface area contributed by atoms with Gasteiger partial charge in [0.2, 0.25) is 0 Å². The summed E-state index contributed by atoms with van der Waals surface area (Å²) in [6.07, 6.45) is 1.39. The maximum Gasteiger partial charge on any atom is 0.335 e. The number of ether oxygens (including phenoxy) is 2. The molecule has 1 aliphatic rings. The molecule has 1 saturated heterocycles. The molecule has 37 heavy (non-hydrogen) atoms. The van der Waals surface area contributed by atoms with Crippen LogP contribution in [0.4, 0.5) is 14.9 Å². The largest absolute Gasteiger partial charge is 0.490 e. The zero-order valence-corrected chi connectivity index (χ0v) is 22.0. The van der Waals surface area contributed by atoms with Crippen molar-refractivity contribution in [2.45, 2.75) is 27.4 Å². The molecule has 7 nitrogen and oxygen atoms in total. The van der Waals surface area contributed by atoms with Gasteiger partial charge in [0.15, 0.2) is 11.5 Å². The van der Waals surface area contributed by atoms with Gasteiger partial charge in [-0.2, -0.15) is 0 Å². The van der Waals surface area contributed by atoms with E-state index in [0.29, 0.717) is 39.4 Å². The average molecular weight is 567 g/mol. The first kappa shape index (κ1) is 26.1. The summed E-state index contributed by atoms with van der Waals surface area (Å²) in [6.45, 7) is 5.76. The molecule has 3 aromatic rings. The SMILES string of the molecule is CCOc1cc(/C=C2\C(=O)NC(=O)N(c3cccc(C)c3C)C2=O)cc(Br)c1OCc1ccccc1F. The number of anilines is 1. The number of imide groups is 2. The minimum atomic E-state index is -0.811. The lowest BCUT2D eigenvalue weighted by Crippen LogP contribution is -2.54. The second-order valence-corrected chi connectivity index (χ2v) is 9.17. The zero-order valence-electron chi connectivity index (χ0n) is 20.4. The second-order valence-electron chi connectivity index (χ2n) is 8.32. The number of aryl methyl sites for hydroxylation is 1. The van der Waals surface area contributed by atoms with Gasteiger partial charge in [0.25, 0.3) is 11.8 Å². The summed E-state index contributed by atoms with van der Waals surface area (Å²) in [5, 5.41) is 2.24. The second kappa shape index (κ2) is 11.0. The number of rotatable bonds is 7. The van der Waals surface area contributed by atoms with Crippen molar-refractivity contribution in [3.63, 3.8) is 0 Å². The van der Waals surface area contributed by atoms with Crippen LogP contribution in [-0.2, 0) is 16.2 Å². The lowest BCUT2D eigenvalue weighted by Gasteiger charge is -2.28. The maximum absolute atomic E-state index is 14.0. The van der Waals surface area contributed by atoms with Gasteiger partial charge in [0, 0.05) is 5.56 Å². The van der Waals surface area contributed by atoms with Crippen LogP contribution in [0.25, 0.3) is 6.08 Å². The molecule has 3 aromatic carbocycles. The molecule has 0 saturated carbocycles. The molecule has 9 heteroatoms. The van der Waals surface area contributed by atoms with Gasteiger partial charge in [0.1, 0.15) is 18.0 Å². The third kappa shape index (κ3) is 5.41. The van der Waals surface area contributed by atoms with Crippen LogP contribution in [0.1, 0.15) is 29.2 Å². The molecule has 1 heterocycles. The predicted octanol–water partition coefficient (Wildman–Crippen LogP) is 5.85. The quantitative estimate of drug-likeness (QED) is 0.286. The van der Waals surface area contributed by atoms with E-state index in [9.17, 15) is 18.8 Å². The Morgan fingerprint density at radius 1 is 1.03 bits per heavy atom. The Balaban J connectivity index is 1.69. The van der Waals surface area contributed by atoms with Crippen LogP contribution in [0.15, 0.2) is 64.6 Å². The van der Waals surface area contributed by atoms with Crippen molar-refractivity contribution in [2.75, 3.05) is 11.5 Å². The number of hydrogen-bond donors (Lipinski definition) is 1. The predicted molar refractivity (Wildman–Crippen MR) is 141 cm³/mol. The molecule has 4 rings (SSSR count). The Hall–Kier alpha value is -3.98. The molecule has 0 bridgehead atoms. The van der Waals surface area contributed by atoms with Crippen LogP contribution in [0.2, 0.25) is 0 Å². The number of nitrogens with one attached hydrogen (secondary N) is 1. The molecule has 1 N–H and O–H groups in total. The first-order chi connectivity index (χ1) is 17.7. The summed E-state index contributed by atoms with van der Waals surface area (Å²) < 4.78 is 26.1. The van der Waals surface area contributed by atoms with E-state index in [4.69, 9.17) is 9.47 Å². The van der Waals surface area contributed by atoms with Crippen molar-refractivity contribution in [3.8, 4) is 11.5 Å². The summed E-state index contributed by atoms with van der Waals surface area (Å²) in [4.78, 5) is 39.6. The van der Waals surface area contributed by atoms with E-state index in [1.165, 1.54) is 12.1 Å². The molecule has 190 valence electrons. The highest BCUT2D eigenvalue weighted by Gasteiger charge is 2.37. The first-order valence-corrected chi connectivity index (χ1v) is 12.3. The Labute approximate surface area is 222 Å². The molecular formula is C28H24BrFN2O5. The molecule has 0 spiro atoms. The van der Waals surface area contributed by atoms with Crippen LogP contribution in [0.5, 0.6) is 11.5 Å². The van der Waals surface area contributed by atoms with Gasteiger partial charge in [-0.1, -0.05) is 30.3 Å². The molecule has 1 aliphatic heterocycles. The Morgan fingerprint density at radius 3 is 2.51 bits per heavy atom. The van der Waals surface area contributed by atoms with Gasteiger partial charge in [-0.15, -0.1) is 0 Å². The van der Waals surface area contributed by atoms with Crippen molar-refractivity contribution < 1.29 is 28.2 Å². The van der Waals surface area contributed by atoms with Crippen molar-refractivity contribution in [1.82, 2.24) is 5.32 Å². The van der Waals surface area contributed by atoms with Crippen molar-refractivity contribution >= 4 is 45.5 Å². The number of nitrogens with zero attached hydrogens (tertiary/aromatic N) is 1. The molecule has 0 atom stereocenters. The van der Waals surface area contributed by atoms with Gasteiger partial charge in [-0.25, -0.2) is 14.1 Å². The van der Waals surface area contributed by atoms with Crippen LogP contribution in [-0.4, -0.2) is 24.5 Å². The highest BCUT2D eigenvalue weighted by atomic mass is 79.9. The fourth-order valence-electron chi connectivity index (χ4n) is 3.86. The standard InChI is InChI=1S/C28H24BrFN2O5/c1-4-36-24-14-18(13-21(29)25(24)37-15-19-9-5-6-10-22(19)30)12-20-26(33)31-28(35)32(27(20)34)23-11-7-8-16(2)17(23)3/h5-14H,4,15H2,1-3H3,(H,31,33,35)/b20-12+. The van der Waals surface area contributed by atoms with Crippen molar-refractivity contribution in [3.05, 3.63) is 92.7 Å². The third-order valence-corrected chi connectivity index (χ3v) is 6.48. The minimum Gasteiger partial charge on any atom is -0.490 e. The minimum absolute atomic E-state index is 0.0282. The summed E-state index contributed by atoms with van der Waals surface area (Å²) >= 11 is 3.45. The average Bonchev–Trinajstić information content (AvgIpc) is 2.85. The number of amides is 4. The van der Waals surface area contributed by atoms with E-state index < -0.39 is 17.8 Å². The number of halogens is 2. The smallest absolute Gasteiger partial charge is 0.335 e. The van der Waals surface area contributed by atoms with Gasteiger partial charge < -0.3 is 9.47 Å². The normalized spacial score (nSPS) is 14.7. The number of urea groups is 1. The van der Waals surface area contributed by atoms with Gasteiger partial charge in [-0.05, 0) is 83.7 Å². The van der Waals surface area contributed by atoms with Crippen molar-refractivity contribution in [2.24, 2.45) is 0 Å². The van der Waals surface area contributed by atoms with E-state index in [-0.39, 0.29) is 18.0 Å². The van der Waals surface area contributed by atoms with E-state index in [2.05, 4.69) is 21.2 Å². The van der Waals surface area contributed by atoms with E-state index in [1.54, 1.807) is 56.3 Å². The van der Waals surface area contributed by atoms with Gasteiger partial charge in [0.05, 0.1) is 16.8 Å². The lowest BCUT2D eigenvalue weighted by molar-refractivity contribution is -0.122. The summed E-state index contributed by atoms with van der Waals surface area (Å²) in [5.74, 6) is -1.24. The van der Waals surface area contributed by atoms with E-state index in [1.807, 2.05) is 13.0 Å². The number of hydrogen-bond acceptors (Lipinski definition) is 5. The zero-order chi connectivity index (χ0) is 26.7. The van der Waals surface area contributed by atoms with Gasteiger partial charge in [-0.3, -0.25) is 14.9 Å². The van der Waals surface area contributed by atoms with E-state index >= 15 is 0 Å². The Bertz CT molecular complexity index is 1440. The molecule has 0 radical (unpaired) electrons. The number of carbonyl (C=O) groups is 3. The number of carbonyl (C=O) groups excluding carboxylic acids is 3. The Kier molecular flexibility index (Phi) is 7.73. The van der Waals surface area contributed by atoms with Gasteiger partial charge >= 0.3 is 6.03 Å². The third-order valence-electron chi connectivity index (χ3n) is 5.89. The topological polar surface area (TPSA) is 84.9 Å². The lowest BCUT2D eigenvalue weighted by atomic mass is 10.0. The first-order valence-electron chi connectivity index (χ1n) is 11.5. The molecule has 1 fully saturated rings. The molecule has 0 aromatic heterocycles. The van der Waals surface area contributed by atoms with Crippen LogP contribution in [0.3, 0.4) is 0 Å². The maximum atomic E-state index is 14.0. The Morgan fingerprint density at radius 2 is 1.78 bits per heavy atom. The molecular weight excluding hydrogens is 543 g/mol. The monoisotopic (exact) mass is 566 g/mol. The summed E-state index contributed by atoms with van der Waals surface area (Å²) in [6, 6.07) is 14.0. The van der Waals surface area contributed by atoms with Crippen LogP contribution in [0, 0.1) is 19.7 Å². The van der Waals surface area contributed by atoms with Crippen molar-refractivity contribution in [1.29, 1.82) is 0 Å². The number of barbiturate groups is 1. The molecule has 4 amide bonds. The number of benzene rings is 3. The molecule has 0 unspecified atom stereocenters. The van der Waals surface area contributed by atoms with Crippen LogP contribution < -0.4 is 19.7 Å². The summed E-state index contributed by atoms with van der Waals surface area (Å²) in [7, 11) is 0. The highest BCUT2D eigenvalue weighted by Crippen LogP contribution is 2.38. The fraction of sp³-hybridized carbons (Fsp3) is 0.179. The fourth-order valence-corrected chi connectivity index (χ4v) is 4.43. The summed E-state index contributed by atoms with van der Waals surface area (Å²) in [5.41, 5.74) is 2.67. The van der Waals surface area contributed by atoms with E-state index in [0.717, 1.165) is 16.0 Å². The highest BCUT2D eigenvalue weighted by molar-refractivity contribution is 9.10. The molecule has 0 aliphatic carbocycles.